The van der Waals surface area contributed by atoms with E-state index in [1.807, 2.05) is 61.5 Å². The topological polar surface area (TPSA) is 81.2 Å². The first-order chi connectivity index (χ1) is 17.2. The molecule has 0 unspecified atom stereocenters. The fourth-order valence-electron chi connectivity index (χ4n) is 4.16. The summed E-state index contributed by atoms with van der Waals surface area (Å²) in [6.45, 7) is 7.44. The molecule has 0 aliphatic carbocycles. The second kappa shape index (κ2) is 9.96. The van der Waals surface area contributed by atoms with Gasteiger partial charge < -0.3 is 13.9 Å². The monoisotopic (exact) mass is 463 g/mol. The Bertz CT molecular complexity index is 1560. The van der Waals surface area contributed by atoms with Gasteiger partial charge in [-0.3, -0.25) is 9.97 Å². The van der Waals surface area contributed by atoms with Crippen molar-refractivity contribution in [2.75, 3.05) is 13.2 Å². The van der Waals surface area contributed by atoms with Gasteiger partial charge in [-0.2, -0.15) is 5.26 Å². The Labute approximate surface area is 203 Å². The summed E-state index contributed by atoms with van der Waals surface area (Å²) >= 11 is 0. The number of rotatable bonds is 5. The highest BCUT2D eigenvalue weighted by atomic mass is 16.5. The zero-order valence-corrected chi connectivity index (χ0v) is 19.5. The van der Waals surface area contributed by atoms with Crippen LogP contribution in [0.2, 0.25) is 0 Å². The van der Waals surface area contributed by atoms with Crippen LogP contribution < -0.4 is 15.3 Å². The van der Waals surface area contributed by atoms with Crippen LogP contribution in [-0.2, 0) is 4.74 Å². The molecule has 1 aliphatic heterocycles. The Morgan fingerprint density at radius 1 is 1.11 bits per heavy atom. The van der Waals surface area contributed by atoms with Gasteiger partial charge in [0.25, 0.3) is 0 Å². The summed E-state index contributed by atoms with van der Waals surface area (Å²) in [5, 5.41) is 11.4. The minimum Gasteiger partial charge on any atom is -0.489 e. The highest BCUT2D eigenvalue weighted by molar-refractivity contribution is 5.92. The number of ether oxygens (including phenoxy) is 2. The number of pyridine rings is 2. The minimum atomic E-state index is 0.0653. The lowest BCUT2D eigenvalue weighted by atomic mass is 10.0. The molecule has 1 aromatic carbocycles. The fourth-order valence-corrected chi connectivity index (χ4v) is 4.16. The normalized spacial score (nSPS) is 15.0. The smallest absolute Gasteiger partial charge is 0.161 e. The molecule has 1 fully saturated rings. The summed E-state index contributed by atoms with van der Waals surface area (Å²) in [4.78, 5) is 9.00. The quantitative estimate of drug-likeness (QED) is 0.425. The summed E-state index contributed by atoms with van der Waals surface area (Å²) < 4.78 is 17.8. The Morgan fingerprint density at radius 3 is 2.74 bits per heavy atom. The Kier molecular flexibility index (Phi) is 6.42. The molecule has 1 saturated heterocycles. The maximum atomic E-state index is 9.78. The maximum Gasteiger partial charge on any atom is 0.161 e. The summed E-state index contributed by atoms with van der Waals surface area (Å²) in [5.74, 6) is 1.26. The molecule has 0 amide bonds. The van der Waals surface area contributed by atoms with Gasteiger partial charge in [0.2, 0.25) is 0 Å². The number of nitrogens with zero attached hydrogens (tertiary/aromatic N) is 3. The molecular formula is C29H25N3O3. The fraction of sp³-hybridized carbons (Fsp3) is 0.207. The van der Waals surface area contributed by atoms with E-state index in [1.165, 1.54) is 0 Å². The highest BCUT2D eigenvalue weighted by Gasteiger charge is 2.18. The number of benzene rings is 1. The molecule has 0 atom stereocenters. The number of nitriles is 1. The molecule has 6 nitrogen and oxygen atoms in total. The van der Waals surface area contributed by atoms with Crippen LogP contribution in [0.3, 0.4) is 0 Å². The van der Waals surface area contributed by atoms with Crippen molar-refractivity contribution in [1.82, 2.24) is 9.97 Å². The first-order valence-electron chi connectivity index (χ1n) is 11.6. The lowest BCUT2D eigenvalue weighted by Crippen LogP contribution is -2.26. The largest absolute Gasteiger partial charge is 0.489 e. The van der Waals surface area contributed by atoms with Gasteiger partial charge in [0, 0.05) is 42.4 Å². The van der Waals surface area contributed by atoms with Crippen LogP contribution >= 0.6 is 0 Å². The van der Waals surface area contributed by atoms with Crippen molar-refractivity contribution in [1.29, 1.82) is 5.26 Å². The van der Waals surface area contributed by atoms with Crippen molar-refractivity contribution in [3.63, 3.8) is 0 Å². The van der Waals surface area contributed by atoms with Gasteiger partial charge in [-0.15, -0.1) is 0 Å². The number of allylic oxidation sites excluding steroid dienone is 2. The zero-order valence-electron chi connectivity index (χ0n) is 19.5. The van der Waals surface area contributed by atoms with E-state index in [0.717, 1.165) is 45.6 Å². The molecule has 0 radical (unpaired) electrons. The van der Waals surface area contributed by atoms with Crippen molar-refractivity contribution < 1.29 is 13.9 Å². The van der Waals surface area contributed by atoms with Gasteiger partial charge in [-0.05, 0) is 48.0 Å². The van der Waals surface area contributed by atoms with Crippen molar-refractivity contribution in [2.24, 2.45) is 0 Å². The summed E-state index contributed by atoms with van der Waals surface area (Å²) in [5.41, 5.74) is 4.42. The molecule has 0 saturated carbocycles. The van der Waals surface area contributed by atoms with Crippen LogP contribution in [0, 0.1) is 11.3 Å². The van der Waals surface area contributed by atoms with E-state index < -0.39 is 0 Å². The Balaban J connectivity index is 1.51. The lowest BCUT2D eigenvalue weighted by Gasteiger charge is -2.23. The Hall–Kier alpha value is -4.21. The van der Waals surface area contributed by atoms with Crippen LogP contribution in [-0.4, -0.2) is 29.3 Å². The van der Waals surface area contributed by atoms with Gasteiger partial charge in [0.1, 0.15) is 29.2 Å². The molecule has 5 rings (SSSR count). The van der Waals surface area contributed by atoms with E-state index in [1.54, 1.807) is 12.4 Å². The number of fused-ring (bicyclic) bond motifs is 1. The van der Waals surface area contributed by atoms with Gasteiger partial charge in [0.05, 0.1) is 24.1 Å². The molecule has 3 aromatic heterocycles. The molecule has 4 aromatic rings. The molecule has 6 heteroatoms. The molecule has 174 valence electrons. The summed E-state index contributed by atoms with van der Waals surface area (Å²) in [7, 11) is 0. The Morgan fingerprint density at radius 2 is 1.97 bits per heavy atom. The van der Waals surface area contributed by atoms with Crippen molar-refractivity contribution in [3.05, 3.63) is 77.1 Å². The first-order valence-corrected chi connectivity index (χ1v) is 11.6. The zero-order chi connectivity index (χ0) is 24.2. The lowest BCUT2D eigenvalue weighted by molar-refractivity contribution is 0.0254. The molecule has 1 aliphatic rings. The van der Waals surface area contributed by atoms with E-state index in [0.29, 0.717) is 35.9 Å². The molecule has 4 heterocycles. The van der Waals surface area contributed by atoms with E-state index in [9.17, 15) is 5.26 Å². The average Bonchev–Trinajstić information content (AvgIpc) is 3.33. The second-order valence-electron chi connectivity index (χ2n) is 8.40. The van der Waals surface area contributed by atoms with Crippen molar-refractivity contribution >= 4 is 23.8 Å². The van der Waals surface area contributed by atoms with Crippen molar-refractivity contribution in [2.45, 2.75) is 25.9 Å². The third-order valence-electron chi connectivity index (χ3n) is 6.02. The number of hydrogen-bond donors (Lipinski definition) is 0. The highest BCUT2D eigenvalue weighted by Crippen LogP contribution is 2.35. The van der Waals surface area contributed by atoms with E-state index in [-0.39, 0.29) is 6.10 Å². The third kappa shape index (κ3) is 4.72. The number of hydrogen-bond acceptors (Lipinski definition) is 6. The first kappa shape index (κ1) is 22.6. The van der Waals surface area contributed by atoms with Gasteiger partial charge in [-0.25, -0.2) is 0 Å². The standard InChI is InChI=1S/C29H25N3O3/c1-3-4-5-25-19(2)14-22(18-32-25)28-16-26-29(35-28)24(8-11-31-26)20-6-7-27(21(15-20)17-30)34-23-9-12-33-13-10-23/h3-8,11,14-16,18,23H,2,9-10,12-13H2,1H3. The molecule has 35 heavy (non-hydrogen) atoms. The van der Waals surface area contributed by atoms with Crippen molar-refractivity contribution in [3.8, 4) is 34.3 Å². The average molecular weight is 464 g/mol. The third-order valence-corrected chi connectivity index (χ3v) is 6.02. The van der Waals surface area contributed by atoms with Gasteiger partial charge >= 0.3 is 0 Å². The molecule has 0 spiro atoms. The van der Waals surface area contributed by atoms with Gasteiger partial charge in [-0.1, -0.05) is 24.8 Å². The second-order valence-corrected chi connectivity index (χ2v) is 8.40. The van der Waals surface area contributed by atoms with Crippen LogP contribution in [0.1, 0.15) is 25.3 Å². The maximum absolute atomic E-state index is 9.78. The molecule has 0 N–H and O–H groups in total. The predicted molar refractivity (Wildman–Crippen MR) is 136 cm³/mol. The molecular weight excluding hydrogens is 438 g/mol. The van der Waals surface area contributed by atoms with Crippen LogP contribution in [0.15, 0.2) is 65.4 Å². The SMILES string of the molecule is C=c1cc(-c2cc3nccc(-c4ccc(OC5CCOCC5)c(C#N)c4)c3o2)cnc1=CC=CC. The number of furan rings is 1. The summed E-state index contributed by atoms with van der Waals surface area (Å²) in [6.07, 6.45) is 11.0. The number of aromatic nitrogens is 2. The van der Waals surface area contributed by atoms with E-state index >= 15 is 0 Å². The molecule has 0 bridgehead atoms. The minimum absolute atomic E-state index is 0.0653. The van der Waals surface area contributed by atoms with E-state index in [2.05, 4.69) is 22.6 Å². The van der Waals surface area contributed by atoms with E-state index in [4.69, 9.17) is 13.9 Å². The van der Waals surface area contributed by atoms with Crippen LogP contribution in [0.4, 0.5) is 0 Å². The van der Waals surface area contributed by atoms with Gasteiger partial charge in [0.15, 0.2) is 5.58 Å². The van der Waals surface area contributed by atoms with Crippen LogP contribution in [0.25, 0.3) is 46.2 Å². The predicted octanol–water partition coefficient (Wildman–Crippen LogP) is 4.75. The summed E-state index contributed by atoms with van der Waals surface area (Å²) in [6, 6.07) is 13.7. The van der Waals surface area contributed by atoms with Crippen LogP contribution in [0.5, 0.6) is 5.75 Å².